The molecule has 0 bridgehead atoms. The number of rotatable bonds is 6. The van der Waals surface area contributed by atoms with Gasteiger partial charge in [0.1, 0.15) is 12.9 Å². The molecule has 0 atom stereocenters. The standard InChI is InChI=1S/C15H14N2O4/c18-10-11-2-1-3-12(8-11)13-4-5-16-14(9-13)21-7-6-17-15(19)20/h1-5,8-10,17H,6-7H2,(H,19,20). The van der Waals surface area contributed by atoms with Gasteiger partial charge in [-0.05, 0) is 23.3 Å². The molecule has 21 heavy (non-hydrogen) atoms. The lowest BCUT2D eigenvalue weighted by atomic mass is 10.0. The summed E-state index contributed by atoms with van der Waals surface area (Å²) < 4.78 is 5.37. The quantitative estimate of drug-likeness (QED) is 0.628. The van der Waals surface area contributed by atoms with Gasteiger partial charge in [-0.2, -0.15) is 0 Å². The highest BCUT2D eigenvalue weighted by Gasteiger charge is 2.03. The minimum atomic E-state index is -1.09. The van der Waals surface area contributed by atoms with Crippen molar-refractivity contribution in [2.45, 2.75) is 0 Å². The van der Waals surface area contributed by atoms with Crippen LogP contribution in [0.1, 0.15) is 10.4 Å². The Morgan fingerprint density at radius 1 is 1.29 bits per heavy atom. The molecule has 6 heteroatoms. The third kappa shape index (κ3) is 4.31. The summed E-state index contributed by atoms with van der Waals surface area (Å²) in [4.78, 5) is 25.2. The highest BCUT2D eigenvalue weighted by atomic mass is 16.5. The molecule has 6 nitrogen and oxygen atoms in total. The third-order valence-electron chi connectivity index (χ3n) is 2.72. The number of pyridine rings is 1. The van der Waals surface area contributed by atoms with E-state index in [-0.39, 0.29) is 13.2 Å². The van der Waals surface area contributed by atoms with Crippen molar-refractivity contribution < 1.29 is 19.4 Å². The fourth-order valence-corrected chi connectivity index (χ4v) is 1.77. The van der Waals surface area contributed by atoms with Crippen molar-refractivity contribution in [3.05, 3.63) is 48.2 Å². The smallest absolute Gasteiger partial charge is 0.404 e. The van der Waals surface area contributed by atoms with Gasteiger partial charge >= 0.3 is 6.09 Å². The minimum Gasteiger partial charge on any atom is -0.476 e. The second kappa shape index (κ2) is 7.04. The number of hydrogen-bond acceptors (Lipinski definition) is 4. The van der Waals surface area contributed by atoms with Crippen LogP contribution < -0.4 is 10.1 Å². The van der Waals surface area contributed by atoms with Gasteiger partial charge in [0.25, 0.3) is 0 Å². The molecule has 1 aromatic heterocycles. The second-order valence-corrected chi connectivity index (χ2v) is 4.21. The largest absolute Gasteiger partial charge is 0.476 e. The van der Waals surface area contributed by atoms with Crippen molar-refractivity contribution in [1.82, 2.24) is 10.3 Å². The lowest BCUT2D eigenvalue weighted by molar-refractivity contribution is 0.112. The van der Waals surface area contributed by atoms with E-state index in [1.54, 1.807) is 30.5 Å². The van der Waals surface area contributed by atoms with Crippen molar-refractivity contribution >= 4 is 12.4 Å². The van der Waals surface area contributed by atoms with Crippen LogP contribution in [0.25, 0.3) is 11.1 Å². The maximum Gasteiger partial charge on any atom is 0.404 e. The van der Waals surface area contributed by atoms with Crippen LogP contribution in [-0.4, -0.2) is 35.6 Å². The van der Waals surface area contributed by atoms with Crippen molar-refractivity contribution in [2.75, 3.05) is 13.2 Å². The highest BCUT2D eigenvalue weighted by Crippen LogP contribution is 2.22. The summed E-state index contributed by atoms with van der Waals surface area (Å²) in [7, 11) is 0. The van der Waals surface area contributed by atoms with Gasteiger partial charge in [-0.3, -0.25) is 4.79 Å². The maximum atomic E-state index is 10.8. The van der Waals surface area contributed by atoms with Crippen LogP contribution >= 0.6 is 0 Å². The molecule has 0 aliphatic carbocycles. The number of amides is 1. The number of carbonyl (C=O) groups excluding carboxylic acids is 1. The number of nitrogens with zero attached hydrogens (tertiary/aromatic N) is 1. The Hall–Kier alpha value is -2.89. The monoisotopic (exact) mass is 286 g/mol. The average Bonchev–Trinajstić information content (AvgIpc) is 2.52. The van der Waals surface area contributed by atoms with Crippen LogP contribution in [0.15, 0.2) is 42.6 Å². The fraction of sp³-hybridized carbons (Fsp3) is 0.133. The highest BCUT2D eigenvalue weighted by molar-refractivity contribution is 5.78. The molecule has 0 fully saturated rings. The summed E-state index contributed by atoms with van der Waals surface area (Å²) in [5.74, 6) is 0.399. The second-order valence-electron chi connectivity index (χ2n) is 4.21. The number of hydrogen-bond donors (Lipinski definition) is 2. The molecule has 0 aliphatic heterocycles. The van der Waals surface area contributed by atoms with E-state index in [2.05, 4.69) is 10.3 Å². The molecule has 2 rings (SSSR count). The molecule has 108 valence electrons. The molecule has 0 unspecified atom stereocenters. The van der Waals surface area contributed by atoms with Crippen LogP contribution in [0, 0.1) is 0 Å². The first-order valence-corrected chi connectivity index (χ1v) is 6.30. The van der Waals surface area contributed by atoms with Crippen molar-refractivity contribution in [2.24, 2.45) is 0 Å². The molecule has 2 N–H and O–H groups in total. The zero-order valence-electron chi connectivity index (χ0n) is 11.2. The Morgan fingerprint density at radius 2 is 2.10 bits per heavy atom. The first-order valence-electron chi connectivity index (χ1n) is 6.30. The number of carbonyl (C=O) groups is 2. The molecule has 0 radical (unpaired) electrons. The average molecular weight is 286 g/mol. The molecule has 2 aromatic rings. The summed E-state index contributed by atoms with van der Waals surface area (Å²) in [6.07, 6.45) is 1.30. The van der Waals surface area contributed by atoms with Crippen LogP contribution in [-0.2, 0) is 0 Å². The van der Waals surface area contributed by atoms with E-state index in [0.29, 0.717) is 11.4 Å². The van der Waals surface area contributed by atoms with Gasteiger partial charge in [0.2, 0.25) is 5.88 Å². The lowest BCUT2D eigenvalue weighted by Gasteiger charge is -2.07. The molecule has 0 saturated heterocycles. The molecular formula is C15H14N2O4. The number of aldehydes is 1. The Bertz CT molecular complexity index is 643. The number of aromatic nitrogens is 1. The zero-order chi connectivity index (χ0) is 15.1. The topological polar surface area (TPSA) is 88.5 Å². The lowest BCUT2D eigenvalue weighted by Crippen LogP contribution is -2.26. The van der Waals surface area contributed by atoms with Gasteiger partial charge in [0, 0.05) is 17.8 Å². The van der Waals surface area contributed by atoms with E-state index in [4.69, 9.17) is 9.84 Å². The molecule has 0 spiro atoms. The van der Waals surface area contributed by atoms with E-state index in [1.807, 2.05) is 12.1 Å². The fourth-order valence-electron chi connectivity index (χ4n) is 1.77. The summed E-state index contributed by atoms with van der Waals surface area (Å²) in [5.41, 5.74) is 2.35. The number of nitrogens with one attached hydrogen (secondary N) is 1. The molecular weight excluding hydrogens is 272 g/mol. The van der Waals surface area contributed by atoms with Gasteiger partial charge < -0.3 is 15.2 Å². The minimum absolute atomic E-state index is 0.182. The molecule has 0 aliphatic rings. The van der Waals surface area contributed by atoms with Crippen LogP contribution in [0.4, 0.5) is 4.79 Å². The maximum absolute atomic E-state index is 10.8. The molecule has 0 saturated carbocycles. The van der Waals surface area contributed by atoms with Crippen LogP contribution in [0.5, 0.6) is 5.88 Å². The Kier molecular flexibility index (Phi) is 4.87. The Morgan fingerprint density at radius 3 is 2.86 bits per heavy atom. The summed E-state index contributed by atoms with van der Waals surface area (Å²) in [5, 5.41) is 10.6. The Labute approximate surface area is 121 Å². The molecule has 1 heterocycles. The molecule has 1 amide bonds. The van der Waals surface area contributed by atoms with Gasteiger partial charge in [0.05, 0.1) is 6.54 Å². The van der Waals surface area contributed by atoms with E-state index in [1.165, 1.54) is 0 Å². The van der Waals surface area contributed by atoms with Gasteiger partial charge in [-0.1, -0.05) is 18.2 Å². The first-order chi connectivity index (χ1) is 10.2. The summed E-state index contributed by atoms with van der Waals surface area (Å²) in [6, 6.07) is 10.7. The van der Waals surface area contributed by atoms with E-state index in [9.17, 15) is 9.59 Å². The van der Waals surface area contributed by atoms with Crippen LogP contribution in [0.3, 0.4) is 0 Å². The van der Waals surface area contributed by atoms with E-state index >= 15 is 0 Å². The predicted molar refractivity (Wildman–Crippen MR) is 76.6 cm³/mol. The van der Waals surface area contributed by atoms with Crippen molar-refractivity contribution in [3.8, 4) is 17.0 Å². The number of carboxylic acid groups (broad SMARTS) is 1. The van der Waals surface area contributed by atoms with Gasteiger partial charge in [-0.25, -0.2) is 9.78 Å². The number of ether oxygens (including phenoxy) is 1. The Balaban J connectivity index is 2.06. The normalized spacial score (nSPS) is 9.90. The number of benzene rings is 1. The molecule has 1 aromatic carbocycles. The predicted octanol–water partition coefficient (Wildman–Crippen LogP) is 2.21. The van der Waals surface area contributed by atoms with Crippen LogP contribution in [0.2, 0.25) is 0 Å². The summed E-state index contributed by atoms with van der Waals surface area (Å²) in [6.45, 7) is 0.374. The van der Waals surface area contributed by atoms with E-state index < -0.39 is 6.09 Å². The van der Waals surface area contributed by atoms with Crippen molar-refractivity contribution in [3.63, 3.8) is 0 Å². The summed E-state index contributed by atoms with van der Waals surface area (Å²) >= 11 is 0. The zero-order valence-corrected chi connectivity index (χ0v) is 11.2. The van der Waals surface area contributed by atoms with Crippen molar-refractivity contribution in [1.29, 1.82) is 0 Å². The SMILES string of the molecule is O=Cc1cccc(-c2ccnc(OCCNC(=O)O)c2)c1. The first kappa shape index (κ1) is 14.5. The van der Waals surface area contributed by atoms with E-state index in [0.717, 1.165) is 17.4 Å². The van der Waals surface area contributed by atoms with Gasteiger partial charge in [0.15, 0.2) is 0 Å². The van der Waals surface area contributed by atoms with Gasteiger partial charge in [-0.15, -0.1) is 0 Å². The third-order valence-corrected chi connectivity index (χ3v) is 2.72.